The number of rotatable bonds is 5. The molecule has 0 atom stereocenters. The van der Waals surface area contributed by atoms with Crippen LogP contribution in [0, 0.1) is 0 Å². The average molecular weight is 365 g/mol. The quantitative estimate of drug-likeness (QED) is 0.487. The molecule has 5 heteroatoms. The monoisotopic (exact) mass is 365 g/mol. The van der Waals surface area contributed by atoms with E-state index in [-0.39, 0.29) is 0 Å². The van der Waals surface area contributed by atoms with E-state index in [0.29, 0.717) is 0 Å². The minimum absolute atomic E-state index is 0.740. The Balaban J connectivity index is 1.53. The maximum Gasteiger partial charge on any atom is 0.139 e. The number of nitrogens with zero attached hydrogens (tertiary/aromatic N) is 4. The summed E-state index contributed by atoms with van der Waals surface area (Å²) in [5, 5.41) is 3.58. The Morgan fingerprint density at radius 2 is 1.64 bits per heavy atom. The van der Waals surface area contributed by atoms with E-state index in [0.717, 1.165) is 35.0 Å². The topological polar surface area (TPSA) is 47.2 Å². The molecule has 28 heavy (non-hydrogen) atoms. The molecule has 2 aromatic carbocycles. The predicted molar refractivity (Wildman–Crippen MR) is 112 cm³/mol. The van der Waals surface area contributed by atoms with Crippen molar-refractivity contribution in [3.8, 4) is 16.9 Å². The standard InChI is InChI=1S/C23H19N5/c1-2-6-18(7-3-1)16-25-23-22(26-21-8-4-5-14-28(21)23)19-9-11-20(12-10-19)27-15-13-24-17-27/h1-15,17,25H,16H2. The number of pyridine rings is 1. The minimum Gasteiger partial charge on any atom is -0.365 e. The van der Waals surface area contributed by atoms with E-state index < -0.39 is 0 Å². The highest BCUT2D eigenvalue weighted by atomic mass is 15.1. The van der Waals surface area contributed by atoms with E-state index in [1.54, 1.807) is 12.5 Å². The van der Waals surface area contributed by atoms with Gasteiger partial charge in [0.2, 0.25) is 0 Å². The lowest BCUT2D eigenvalue weighted by molar-refractivity contribution is 1.06. The highest BCUT2D eigenvalue weighted by Crippen LogP contribution is 2.29. The summed E-state index contributed by atoms with van der Waals surface area (Å²) in [6.07, 6.45) is 7.56. The lowest BCUT2D eigenvalue weighted by Crippen LogP contribution is -2.03. The molecule has 3 heterocycles. The van der Waals surface area contributed by atoms with Crippen LogP contribution in [0.3, 0.4) is 0 Å². The molecule has 0 amide bonds. The van der Waals surface area contributed by atoms with Crippen LogP contribution in [0.15, 0.2) is 97.7 Å². The molecular formula is C23H19N5. The van der Waals surface area contributed by atoms with Gasteiger partial charge in [0, 0.05) is 36.4 Å². The minimum atomic E-state index is 0.740. The van der Waals surface area contributed by atoms with Crippen LogP contribution in [0.1, 0.15) is 5.56 Å². The first-order chi connectivity index (χ1) is 13.9. The largest absolute Gasteiger partial charge is 0.365 e. The summed E-state index contributed by atoms with van der Waals surface area (Å²) in [6, 6.07) is 24.8. The predicted octanol–water partition coefficient (Wildman–Crippen LogP) is 4.80. The van der Waals surface area contributed by atoms with Gasteiger partial charge < -0.3 is 9.88 Å². The van der Waals surface area contributed by atoms with Crippen molar-refractivity contribution >= 4 is 11.5 Å². The third-order valence-corrected chi connectivity index (χ3v) is 4.78. The fourth-order valence-corrected chi connectivity index (χ4v) is 3.35. The summed E-state index contributed by atoms with van der Waals surface area (Å²) in [7, 11) is 0. The zero-order valence-corrected chi connectivity index (χ0v) is 15.2. The van der Waals surface area contributed by atoms with Crippen LogP contribution in [0.25, 0.3) is 22.6 Å². The Bertz CT molecular complexity index is 1190. The van der Waals surface area contributed by atoms with Crippen molar-refractivity contribution in [3.05, 3.63) is 103 Å². The van der Waals surface area contributed by atoms with Gasteiger partial charge in [-0.2, -0.15) is 0 Å². The van der Waals surface area contributed by atoms with Crippen molar-refractivity contribution < 1.29 is 0 Å². The van der Waals surface area contributed by atoms with Gasteiger partial charge in [0.05, 0.1) is 6.33 Å². The van der Waals surface area contributed by atoms with E-state index in [9.17, 15) is 0 Å². The number of hydrogen-bond acceptors (Lipinski definition) is 3. The van der Waals surface area contributed by atoms with Gasteiger partial charge in [0.1, 0.15) is 17.2 Å². The van der Waals surface area contributed by atoms with Gasteiger partial charge in [-0.1, -0.05) is 48.5 Å². The number of imidazole rings is 2. The molecule has 0 saturated carbocycles. The van der Waals surface area contributed by atoms with Crippen molar-refractivity contribution in [1.29, 1.82) is 0 Å². The molecule has 5 nitrogen and oxygen atoms in total. The lowest BCUT2D eigenvalue weighted by Gasteiger charge is -2.10. The summed E-state index contributed by atoms with van der Waals surface area (Å²) in [6.45, 7) is 0.740. The molecule has 0 saturated heterocycles. The molecule has 0 bridgehead atoms. The summed E-state index contributed by atoms with van der Waals surface area (Å²) in [5.74, 6) is 0.995. The van der Waals surface area contributed by atoms with Gasteiger partial charge in [-0.25, -0.2) is 9.97 Å². The Kier molecular flexibility index (Phi) is 4.10. The molecule has 0 unspecified atom stereocenters. The molecule has 0 fully saturated rings. The number of anilines is 1. The van der Waals surface area contributed by atoms with Crippen molar-refractivity contribution in [1.82, 2.24) is 18.9 Å². The van der Waals surface area contributed by atoms with Crippen molar-refractivity contribution in [2.45, 2.75) is 6.54 Å². The first-order valence-electron chi connectivity index (χ1n) is 9.22. The first-order valence-corrected chi connectivity index (χ1v) is 9.22. The molecule has 0 aliphatic rings. The Morgan fingerprint density at radius 3 is 2.43 bits per heavy atom. The fraction of sp³-hybridized carbons (Fsp3) is 0.0435. The Labute approximate surface area is 162 Å². The summed E-state index contributed by atoms with van der Waals surface area (Å²) < 4.78 is 4.09. The Hall–Kier alpha value is -3.86. The zero-order chi connectivity index (χ0) is 18.8. The molecule has 0 aliphatic heterocycles. The number of hydrogen-bond donors (Lipinski definition) is 1. The van der Waals surface area contributed by atoms with Gasteiger partial charge in [0.25, 0.3) is 0 Å². The van der Waals surface area contributed by atoms with Crippen molar-refractivity contribution in [2.75, 3.05) is 5.32 Å². The van der Waals surface area contributed by atoms with Crippen LogP contribution in [0.2, 0.25) is 0 Å². The van der Waals surface area contributed by atoms with Gasteiger partial charge in [0.15, 0.2) is 0 Å². The molecular weight excluding hydrogens is 346 g/mol. The summed E-state index contributed by atoms with van der Waals surface area (Å²) >= 11 is 0. The van der Waals surface area contributed by atoms with Gasteiger partial charge in [-0.3, -0.25) is 4.40 Å². The van der Waals surface area contributed by atoms with Crippen LogP contribution in [0.4, 0.5) is 5.82 Å². The van der Waals surface area contributed by atoms with E-state index in [4.69, 9.17) is 4.98 Å². The first kappa shape index (κ1) is 16.3. The smallest absolute Gasteiger partial charge is 0.139 e. The second kappa shape index (κ2) is 7.04. The van der Waals surface area contributed by atoms with Crippen molar-refractivity contribution in [3.63, 3.8) is 0 Å². The molecule has 0 spiro atoms. The second-order valence-corrected chi connectivity index (χ2v) is 6.59. The van der Waals surface area contributed by atoms with E-state index in [1.165, 1.54) is 5.56 Å². The van der Waals surface area contributed by atoms with Crippen molar-refractivity contribution in [2.24, 2.45) is 0 Å². The molecule has 136 valence electrons. The van der Waals surface area contributed by atoms with Crippen LogP contribution >= 0.6 is 0 Å². The number of nitrogens with one attached hydrogen (secondary N) is 1. The maximum atomic E-state index is 4.87. The number of fused-ring (bicyclic) bond motifs is 1. The van der Waals surface area contributed by atoms with Crippen LogP contribution in [-0.4, -0.2) is 18.9 Å². The highest BCUT2D eigenvalue weighted by molar-refractivity contribution is 5.77. The number of benzene rings is 2. The molecule has 5 aromatic rings. The van der Waals surface area contributed by atoms with Gasteiger partial charge in [-0.05, 0) is 29.8 Å². The normalized spacial score (nSPS) is 11.0. The van der Waals surface area contributed by atoms with E-state index in [2.05, 4.69) is 63.2 Å². The van der Waals surface area contributed by atoms with E-state index >= 15 is 0 Å². The molecule has 5 rings (SSSR count). The van der Waals surface area contributed by atoms with Crippen LogP contribution in [0.5, 0.6) is 0 Å². The molecule has 3 aromatic heterocycles. The third kappa shape index (κ3) is 3.03. The Morgan fingerprint density at radius 1 is 0.821 bits per heavy atom. The average Bonchev–Trinajstić information content (AvgIpc) is 3.41. The van der Waals surface area contributed by atoms with Gasteiger partial charge in [-0.15, -0.1) is 0 Å². The lowest BCUT2D eigenvalue weighted by atomic mass is 10.1. The summed E-state index contributed by atoms with van der Waals surface area (Å²) in [4.78, 5) is 8.98. The second-order valence-electron chi connectivity index (χ2n) is 6.59. The third-order valence-electron chi connectivity index (χ3n) is 4.78. The summed E-state index contributed by atoms with van der Waals surface area (Å²) in [5.41, 5.74) is 5.24. The fourth-order valence-electron chi connectivity index (χ4n) is 3.35. The van der Waals surface area contributed by atoms with Crippen LogP contribution in [-0.2, 0) is 6.54 Å². The highest BCUT2D eigenvalue weighted by Gasteiger charge is 2.14. The zero-order valence-electron chi connectivity index (χ0n) is 15.2. The van der Waals surface area contributed by atoms with Gasteiger partial charge >= 0.3 is 0 Å². The number of aromatic nitrogens is 4. The maximum absolute atomic E-state index is 4.87. The molecule has 0 radical (unpaired) electrons. The van der Waals surface area contributed by atoms with E-state index in [1.807, 2.05) is 41.2 Å². The van der Waals surface area contributed by atoms with Crippen LogP contribution < -0.4 is 5.32 Å². The molecule has 1 N–H and O–H groups in total. The molecule has 0 aliphatic carbocycles. The SMILES string of the molecule is c1ccc(CNc2c(-c3ccc(-n4ccnc4)cc3)nc3ccccn23)cc1.